The highest BCUT2D eigenvalue weighted by atomic mass is 15.0. The first-order valence-electron chi connectivity index (χ1n) is 18.2. The number of rotatable bonds is 6. The van der Waals surface area contributed by atoms with E-state index in [2.05, 4.69) is 133 Å². The minimum Gasteiger partial charge on any atom is -0.213 e. The SMILES string of the molecule is Cc1nc(-c2ccc(C3(c4ccc(-c5nc(C)nc(-c6cccc7ccccc67)n5)cc4)CCCCC3)cc2)nc(-c2cccc3ccccc23)n1. The Kier molecular flexibility index (Phi) is 8.08. The summed E-state index contributed by atoms with van der Waals surface area (Å²) in [7, 11) is 0. The van der Waals surface area contributed by atoms with E-state index in [9.17, 15) is 0 Å². The Balaban J connectivity index is 1.04. The first-order chi connectivity index (χ1) is 25.5. The summed E-state index contributed by atoms with van der Waals surface area (Å²) in [5.74, 6) is 4.20. The van der Waals surface area contributed by atoms with Crippen molar-refractivity contribution in [2.24, 2.45) is 0 Å². The molecule has 0 radical (unpaired) electrons. The molecule has 0 N–H and O–H groups in total. The zero-order chi connectivity index (χ0) is 35.1. The lowest BCUT2D eigenvalue weighted by molar-refractivity contribution is 0.346. The Labute approximate surface area is 303 Å². The van der Waals surface area contributed by atoms with E-state index in [0.29, 0.717) is 34.9 Å². The molecule has 2 aromatic heterocycles. The second-order valence-corrected chi connectivity index (χ2v) is 13.9. The topological polar surface area (TPSA) is 77.3 Å². The van der Waals surface area contributed by atoms with Gasteiger partial charge < -0.3 is 0 Å². The van der Waals surface area contributed by atoms with Crippen LogP contribution in [-0.2, 0) is 5.41 Å². The van der Waals surface area contributed by atoms with Gasteiger partial charge >= 0.3 is 0 Å². The second-order valence-electron chi connectivity index (χ2n) is 13.9. The highest BCUT2D eigenvalue weighted by Gasteiger charge is 2.35. The molecule has 1 saturated carbocycles. The number of nitrogens with zero attached hydrogens (tertiary/aromatic N) is 6. The van der Waals surface area contributed by atoms with Gasteiger partial charge in [0.25, 0.3) is 0 Å². The van der Waals surface area contributed by atoms with Gasteiger partial charge in [0.15, 0.2) is 23.3 Å². The fourth-order valence-corrected chi connectivity index (χ4v) is 8.08. The fourth-order valence-electron chi connectivity index (χ4n) is 8.08. The van der Waals surface area contributed by atoms with Gasteiger partial charge in [0.2, 0.25) is 0 Å². The van der Waals surface area contributed by atoms with Crippen LogP contribution in [-0.4, -0.2) is 29.9 Å². The molecule has 6 heteroatoms. The third-order valence-electron chi connectivity index (χ3n) is 10.7. The average Bonchev–Trinajstić information content (AvgIpc) is 3.20. The molecule has 0 aliphatic heterocycles. The maximum absolute atomic E-state index is 4.99. The Morgan fingerprint density at radius 1 is 0.385 bits per heavy atom. The van der Waals surface area contributed by atoms with Crippen LogP contribution < -0.4 is 0 Å². The van der Waals surface area contributed by atoms with Crippen LogP contribution in [0.25, 0.3) is 67.1 Å². The molecule has 1 aliphatic rings. The number of aromatic nitrogens is 6. The van der Waals surface area contributed by atoms with Crippen LogP contribution >= 0.6 is 0 Å². The third kappa shape index (κ3) is 5.80. The second kappa shape index (κ2) is 13.2. The molecule has 0 atom stereocenters. The van der Waals surface area contributed by atoms with Gasteiger partial charge in [-0.05, 0) is 59.4 Å². The van der Waals surface area contributed by atoms with Gasteiger partial charge in [0, 0.05) is 27.7 Å². The number of hydrogen-bond acceptors (Lipinski definition) is 6. The number of benzene rings is 6. The van der Waals surface area contributed by atoms with E-state index in [4.69, 9.17) is 29.9 Å². The van der Waals surface area contributed by atoms with Crippen molar-refractivity contribution in [3.05, 3.63) is 156 Å². The molecule has 6 nitrogen and oxygen atoms in total. The van der Waals surface area contributed by atoms with Gasteiger partial charge in [0.1, 0.15) is 11.6 Å². The Hall–Kier alpha value is -6.14. The maximum atomic E-state index is 4.99. The molecule has 6 aromatic carbocycles. The summed E-state index contributed by atoms with van der Waals surface area (Å²) < 4.78 is 0. The van der Waals surface area contributed by atoms with Gasteiger partial charge in [-0.3, -0.25) is 0 Å². The van der Waals surface area contributed by atoms with E-state index in [1.165, 1.54) is 41.2 Å². The first-order valence-corrected chi connectivity index (χ1v) is 18.2. The van der Waals surface area contributed by atoms with Crippen molar-refractivity contribution in [1.82, 2.24) is 29.9 Å². The average molecular weight is 675 g/mol. The highest BCUT2D eigenvalue weighted by Crippen LogP contribution is 2.45. The predicted molar refractivity (Wildman–Crippen MR) is 210 cm³/mol. The van der Waals surface area contributed by atoms with Crippen molar-refractivity contribution >= 4 is 21.5 Å². The van der Waals surface area contributed by atoms with Gasteiger partial charge in [-0.25, -0.2) is 29.9 Å². The Morgan fingerprint density at radius 2 is 0.788 bits per heavy atom. The third-order valence-corrected chi connectivity index (χ3v) is 10.7. The first kappa shape index (κ1) is 31.8. The van der Waals surface area contributed by atoms with E-state index in [1.807, 2.05) is 13.8 Å². The molecular formula is C46H38N6. The molecule has 0 unspecified atom stereocenters. The molecule has 1 fully saturated rings. The molecule has 52 heavy (non-hydrogen) atoms. The van der Waals surface area contributed by atoms with E-state index >= 15 is 0 Å². The van der Waals surface area contributed by atoms with Crippen molar-refractivity contribution in [2.45, 2.75) is 51.4 Å². The zero-order valence-corrected chi connectivity index (χ0v) is 29.4. The fraction of sp³-hybridized carbons (Fsp3) is 0.174. The Morgan fingerprint density at radius 3 is 1.25 bits per heavy atom. The van der Waals surface area contributed by atoms with Crippen LogP contribution in [0.3, 0.4) is 0 Å². The Bertz CT molecular complexity index is 2390. The molecule has 2 heterocycles. The smallest absolute Gasteiger partial charge is 0.164 e. The van der Waals surface area contributed by atoms with Crippen LogP contribution in [0, 0.1) is 13.8 Å². The van der Waals surface area contributed by atoms with Gasteiger partial charge in [-0.1, -0.05) is 153 Å². The van der Waals surface area contributed by atoms with Crippen LogP contribution in [0.5, 0.6) is 0 Å². The molecule has 0 spiro atoms. The van der Waals surface area contributed by atoms with Crippen LogP contribution in [0.2, 0.25) is 0 Å². The van der Waals surface area contributed by atoms with E-state index in [1.54, 1.807) is 0 Å². The molecule has 0 amide bonds. The maximum Gasteiger partial charge on any atom is 0.164 e. The summed E-state index contributed by atoms with van der Waals surface area (Å²) in [6.07, 6.45) is 5.88. The number of aryl methyl sites for hydroxylation is 2. The predicted octanol–water partition coefficient (Wildman–Crippen LogP) is 10.9. The molecule has 9 rings (SSSR count). The summed E-state index contributed by atoms with van der Waals surface area (Å²) in [6.45, 7) is 3.88. The normalized spacial score (nSPS) is 14.1. The molecule has 252 valence electrons. The van der Waals surface area contributed by atoms with Crippen LogP contribution in [0.1, 0.15) is 54.9 Å². The molecular weight excluding hydrogens is 637 g/mol. The van der Waals surface area contributed by atoms with Crippen LogP contribution in [0.4, 0.5) is 0 Å². The largest absolute Gasteiger partial charge is 0.213 e. The van der Waals surface area contributed by atoms with Gasteiger partial charge in [-0.15, -0.1) is 0 Å². The van der Waals surface area contributed by atoms with Crippen molar-refractivity contribution in [3.8, 4) is 45.6 Å². The van der Waals surface area contributed by atoms with E-state index in [-0.39, 0.29) is 5.41 Å². The highest BCUT2D eigenvalue weighted by molar-refractivity contribution is 5.96. The van der Waals surface area contributed by atoms with Crippen molar-refractivity contribution in [2.75, 3.05) is 0 Å². The van der Waals surface area contributed by atoms with E-state index < -0.39 is 0 Å². The number of hydrogen-bond donors (Lipinski definition) is 0. The lowest BCUT2D eigenvalue weighted by atomic mass is 9.65. The lowest BCUT2D eigenvalue weighted by Crippen LogP contribution is -2.30. The lowest BCUT2D eigenvalue weighted by Gasteiger charge is -2.39. The van der Waals surface area contributed by atoms with Gasteiger partial charge in [0.05, 0.1) is 0 Å². The van der Waals surface area contributed by atoms with E-state index in [0.717, 1.165) is 45.9 Å². The summed E-state index contributed by atoms with van der Waals surface area (Å²) >= 11 is 0. The summed E-state index contributed by atoms with van der Waals surface area (Å²) in [5, 5.41) is 4.61. The summed E-state index contributed by atoms with van der Waals surface area (Å²) in [6, 6.07) is 47.2. The van der Waals surface area contributed by atoms with Gasteiger partial charge in [-0.2, -0.15) is 0 Å². The molecule has 0 saturated heterocycles. The monoisotopic (exact) mass is 674 g/mol. The van der Waals surface area contributed by atoms with Crippen LogP contribution in [0.15, 0.2) is 133 Å². The minimum absolute atomic E-state index is 0.0679. The van der Waals surface area contributed by atoms with Crippen molar-refractivity contribution in [1.29, 1.82) is 0 Å². The van der Waals surface area contributed by atoms with Crippen molar-refractivity contribution < 1.29 is 0 Å². The standard InChI is InChI=1S/C46H38N6/c1-30-47-42(51-44(49-30)40-18-10-14-32-12-4-6-16-38(32)40)34-20-24-36(25-21-34)46(28-8-3-9-29-46)37-26-22-35(23-27-37)43-48-31(2)50-45(52-43)41-19-11-15-33-13-5-7-17-39(33)41/h4-7,10-27H,3,8-9,28-29H2,1-2H3. The minimum atomic E-state index is -0.0679. The van der Waals surface area contributed by atoms with Crippen molar-refractivity contribution in [3.63, 3.8) is 0 Å². The molecule has 1 aliphatic carbocycles. The quantitative estimate of drug-likeness (QED) is 0.175. The zero-order valence-electron chi connectivity index (χ0n) is 29.4. The summed E-state index contributed by atoms with van der Waals surface area (Å²) in [4.78, 5) is 29.0. The number of fused-ring (bicyclic) bond motifs is 2. The molecule has 0 bridgehead atoms. The molecule has 8 aromatic rings. The summed E-state index contributed by atoms with van der Waals surface area (Å²) in [5.41, 5.74) is 6.61.